The van der Waals surface area contributed by atoms with E-state index in [9.17, 15) is 5.11 Å². The van der Waals surface area contributed by atoms with E-state index in [1.807, 2.05) is 14.0 Å². The van der Waals surface area contributed by atoms with Crippen molar-refractivity contribution in [2.45, 2.75) is 51.7 Å². The number of rotatable bonds is 5. The van der Waals surface area contributed by atoms with Crippen LogP contribution in [0, 0.1) is 12.8 Å². The van der Waals surface area contributed by atoms with Gasteiger partial charge in [-0.1, -0.05) is 6.92 Å². The molecule has 0 spiro atoms. The van der Waals surface area contributed by atoms with Crippen LogP contribution in [0.5, 0.6) is 5.88 Å². The summed E-state index contributed by atoms with van der Waals surface area (Å²) in [5, 5.41) is 18.3. The number of nitrogens with one attached hydrogen (secondary N) is 1. The lowest BCUT2D eigenvalue weighted by molar-refractivity contribution is -0.00634. The fourth-order valence-electron chi connectivity index (χ4n) is 3.04. The zero-order chi connectivity index (χ0) is 14.8. The molecule has 0 aliphatic heterocycles. The van der Waals surface area contributed by atoms with E-state index in [2.05, 4.69) is 17.3 Å². The molecule has 5 nitrogen and oxygen atoms in total. The van der Waals surface area contributed by atoms with Gasteiger partial charge in [-0.05, 0) is 38.5 Å². The van der Waals surface area contributed by atoms with Gasteiger partial charge in [0.2, 0.25) is 5.88 Å². The first-order valence-corrected chi connectivity index (χ1v) is 7.45. The van der Waals surface area contributed by atoms with Crippen molar-refractivity contribution in [3.63, 3.8) is 0 Å². The van der Waals surface area contributed by atoms with Gasteiger partial charge in [0, 0.05) is 20.1 Å². The monoisotopic (exact) mass is 281 g/mol. The lowest BCUT2D eigenvalue weighted by Gasteiger charge is -2.35. The third-order valence-corrected chi connectivity index (χ3v) is 4.44. The molecule has 1 aliphatic carbocycles. The first kappa shape index (κ1) is 15.3. The Morgan fingerprint density at radius 1 is 1.45 bits per heavy atom. The van der Waals surface area contributed by atoms with E-state index in [4.69, 9.17) is 4.74 Å². The second-order valence-corrected chi connectivity index (χ2v) is 6.21. The van der Waals surface area contributed by atoms with Gasteiger partial charge >= 0.3 is 0 Å². The summed E-state index contributed by atoms with van der Waals surface area (Å²) < 4.78 is 7.13. The molecule has 1 aliphatic rings. The van der Waals surface area contributed by atoms with Crippen molar-refractivity contribution >= 4 is 0 Å². The molecular formula is C15H27N3O2. The molecule has 20 heavy (non-hydrogen) atoms. The molecule has 0 unspecified atom stereocenters. The molecular weight excluding hydrogens is 254 g/mol. The van der Waals surface area contributed by atoms with E-state index in [0.29, 0.717) is 13.1 Å². The number of ether oxygens (including phenoxy) is 1. The van der Waals surface area contributed by atoms with Crippen LogP contribution < -0.4 is 10.1 Å². The van der Waals surface area contributed by atoms with Gasteiger partial charge in [-0.2, -0.15) is 5.10 Å². The molecule has 2 N–H and O–H groups in total. The number of methoxy groups -OCH3 is 1. The topological polar surface area (TPSA) is 59.3 Å². The summed E-state index contributed by atoms with van der Waals surface area (Å²) in [5.74, 6) is 1.54. The molecule has 0 radical (unpaired) electrons. The van der Waals surface area contributed by atoms with Crippen molar-refractivity contribution < 1.29 is 9.84 Å². The molecule has 0 bridgehead atoms. The van der Waals surface area contributed by atoms with Crippen molar-refractivity contribution in [1.82, 2.24) is 15.1 Å². The van der Waals surface area contributed by atoms with Crippen LogP contribution >= 0.6 is 0 Å². The van der Waals surface area contributed by atoms with Gasteiger partial charge in [0.25, 0.3) is 0 Å². The van der Waals surface area contributed by atoms with Crippen molar-refractivity contribution in [2.24, 2.45) is 13.0 Å². The average molecular weight is 281 g/mol. The van der Waals surface area contributed by atoms with Crippen LogP contribution in [0.2, 0.25) is 0 Å². The predicted octanol–water partition coefficient (Wildman–Crippen LogP) is 1.77. The van der Waals surface area contributed by atoms with Crippen molar-refractivity contribution in [3.8, 4) is 5.88 Å². The average Bonchev–Trinajstić information content (AvgIpc) is 2.68. The van der Waals surface area contributed by atoms with Crippen LogP contribution in [0.15, 0.2) is 0 Å². The number of hydrogen-bond acceptors (Lipinski definition) is 4. The molecule has 0 amide bonds. The minimum atomic E-state index is -0.546. The van der Waals surface area contributed by atoms with Gasteiger partial charge in [-0.3, -0.25) is 0 Å². The van der Waals surface area contributed by atoms with Gasteiger partial charge in [-0.15, -0.1) is 0 Å². The number of hydrogen-bond donors (Lipinski definition) is 2. The van der Waals surface area contributed by atoms with E-state index in [0.717, 1.165) is 48.7 Å². The summed E-state index contributed by atoms with van der Waals surface area (Å²) in [6.07, 6.45) is 4.02. The Labute approximate surface area is 121 Å². The van der Waals surface area contributed by atoms with E-state index in [1.165, 1.54) is 0 Å². The zero-order valence-electron chi connectivity index (χ0n) is 13.1. The lowest BCUT2D eigenvalue weighted by Crippen LogP contribution is -2.43. The molecule has 1 heterocycles. The van der Waals surface area contributed by atoms with Gasteiger partial charge < -0.3 is 15.2 Å². The standard InChI is InChI=1S/C15H27N3O2/c1-11-5-7-15(19,8-6-11)10-16-9-13-12(2)17-18(3)14(13)20-4/h11,16,19H,5-10H2,1-4H3. The molecule has 2 rings (SSSR count). The quantitative estimate of drug-likeness (QED) is 0.863. The van der Waals surface area contributed by atoms with Crippen LogP contribution in [-0.4, -0.2) is 34.1 Å². The Morgan fingerprint density at radius 3 is 2.70 bits per heavy atom. The Morgan fingerprint density at radius 2 is 2.10 bits per heavy atom. The summed E-state index contributed by atoms with van der Waals surface area (Å²) >= 11 is 0. The number of aliphatic hydroxyl groups is 1. The second kappa shape index (κ2) is 6.14. The van der Waals surface area contributed by atoms with Crippen LogP contribution in [0.25, 0.3) is 0 Å². The van der Waals surface area contributed by atoms with E-state index < -0.39 is 5.60 Å². The Bertz CT molecular complexity index is 448. The molecule has 1 fully saturated rings. The highest BCUT2D eigenvalue weighted by Crippen LogP contribution is 2.31. The normalized spacial score (nSPS) is 26.8. The number of aromatic nitrogens is 2. The van der Waals surface area contributed by atoms with E-state index in [1.54, 1.807) is 11.8 Å². The van der Waals surface area contributed by atoms with Crippen molar-refractivity contribution in [1.29, 1.82) is 0 Å². The first-order chi connectivity index (χ1) is 9.45. The smallest absolute Gasteiger partial charge is 0.216 e. The summed E-state index contributed by atoms with van der Waals surface area (Å²) in [6.45, 7) is 5.56. The van der Waals surface area contributed by atoms with Crippen LogP contribution in [0.3, 0.4) is 0 Å². The molecule has 1 aromatic heterocycles. The molecule has 1 saturated carbocycles. The lowest BCUT2D eigenvalue weighted by atomic mass is 9.79. The summed E-state index contributed by atoms with van der Waals surface area (Å²) in [5.41, 5.74) is 1.50. The Hall–Kier alpha value is -1.07. The number of aryl methyl sites for hydroxylation is 2. The number of nitrogens with zero attached hydrogens (tertiary/aromatic N) is 2. The van der Waals surface area contributed by atoms with Crippen LogP contribution in [0.4, 0.5) is 0 Å². The highest BCUT2D eigenvalue weighted by molar-refractivity contribution is 5.30. The van der Waals surface area contributed by atoms with Crippen LogP contribution in [0.1, 0.15) is 43.9 Å². The summed E-state index contributed by atoms with van der Waals surface area (Å²) in [4.78, 5) is 0. The third-order valence-electron chi connectivity index (χ3n) is 4.44. The maximum Gasteiger partial charge on any atom is 0.216 e. The van der Waals surface area contributed by atoms with Gasteiger partial charge in [-0.25, -0.2) is 4.68 Å². The fraction of sp³-hybridized carbons (Fsp3) is 0.800. The Balaban J connectivity index is 1.90. The van der Waals surface area contributed by atoms with Gasteiger partial charge in [0.15, 0.2) is 0 Å². The minimum Gasteiger partial charge on any atom is -0.481 e. The molecule has 5 heteroatoms. The maximum atomic E-state index is 10.6. The summed E-state index contributed by atoms with van der Waals surface area (Å²) in [6, 6.07) is 0. The highest BCUT2D eigenvalue weighted by atomic mass is 16.5. The molecule has 0 atom stereocenters. The van der Waals surface area contributed by atoms with Crippen molar-refractivity contribution in [3.05, 3.63) is 11.3 Å². The highest BCUT2D eigenvalue weighted by Gasteiger charge is 2.31. The second-order valence-electron chi connectivity index (χ2n) is 6.21. The largest absolute Gasteiger partial charge is 0.481 e. The molecule has 1 aromatic rings. The first-order valence-electron chi connectivity index (χ1n) is 7.45. The zero-order valence-corrected chi connectivity index (χ0v) is 13.1. The van der Waals surface area contributed by atoms with E-state index in [-0.39, 0.29) is 0 Å². The SMILES string of the molecule is COc1c(CNCC2(O)CCC(C)CC2)c(C)nn1C. The predicted molar refractivity (Wildman–Crippen MR) is 78.8 cm³/mol. The summed E-state index contributed by atoms with van der Waals surface area (Å²) in [7, 11) is 3.54. The van der Waals surface area contributed by atoms with Crippen LogP contribution in [-0.2, 0) is 13.6 Å². The fourth-order valence-corrected chi connectivity index (χ4v) is 3.04. The molecule has 0 aromatic carbocycles. The van der Waals surface area contributed by atoms with Gasteiger partial charge in [0.1, 0.15) is 0 Å². The van der Waals surface area contributed by atoms with Crippen molar-refractivity contribution in [2.75, 3.05) is 13.7 Å². The minimum absolute atomic E-state index is 0.546. The maximum absolute atomic E-state index is 10.6. The van der Waals surface area contributed by atoms with E-state index >= 15 is 0 Å². The van der Waals surface area contributed by atoms with Gasteiger partial charge in [0.05, 0.1) is 24.0 Å². The Kier molecular flexibility index (Phi) is 4.70. The molecule has 0 saturated heterocycles. The molecule has 114 valence electrons. The third kappa shape index (κ3) is 3.33.